The lowest BCUT2D eigenvalue weighted by atomic mass is 9.81. The fraction of sp³-hybridized carbons (Fsp3) is 0.458. The lowest BCUT2D eigenvalue weighted by Gasteiger charge is -2.45. The van der Waals surface area contributed by atoms with Gasteiger partial charge in [-0.2, -0.15) is 13.2 Å². The summed E-state index contributed by atoms with van der Waals surface area (Å²) in [6, 6.07) is 12.0. The largest absolute Gasteiger partial charge is 0.496 e. The maximum atomic E-state index is 13.6. The molecule has 1 fully saturated rings. The highest BCUT2D eigenvalue weighted by Gasteiger charge is 2.40. The fourth-order valence-corrected chi connectivity index (χ4v) is 4.92. The first-order chi connectivity index (χ1) is 15.1. The molecule has 1 aliphatic rings. The monoisotopic (exact) mass is 502 g/mol. The molecule has 182 valence electrons. The van der Waals surface area contributed by atoms with Crippen molar-refractivity contribution in [3.05, 3.63) is 59.2 Å². The molecule has 1 heterocycles. The number of carbonyl (C=O) groups excluding carboxylic acids is 1. The zero-order valence-corrected chi connectivity index (χ0v) is 20.8. The highest BCUT2D eigenvalue weighted by atomic mass is 35.5. The Balaban J connectivity index is 0.00000385. The number of benzene rings is 2. The standard InChI is InChI=1S/C24H29F3N2O2S.ClH/c1-16(2)29-12-8-11-23(15-29,17-9-6-5-7-10-17)28-22(30)21-19(31-3)13-18(24(25,26)27)14-20(21)32-4;/h5-7,9-10,13-14,16H,8,11-12,15H2,1-4H3,(H,28,30);1H. The predicted molar refractivity (Wildman–Crippen MR) is 129 cm³/mol. The van der Waals surface area contributed by atoms with Gasteiger partial charge in [0.1, 0.15) is 5.75 Å². The van der Waals surface area contributed by atoms with Crippen molar-refractivity contribution < 1.29 is 22.7 Å². The Morgan fingerprint density at radius 2 is 1.88 bits per heavy atom. The number of likely N-dealkylation sites (tertiary alicyclic amines) is 1. The minimum atomic E-state index is -4.53. The number of methoxy groups -OCH3 is 1. The zero-order chi connectivity index (χ0) is 23.5. The maximum Gasteiger partial charge on any atom is 0.416 e. The summed E-state index contributed by atoms with van der Waals surface area (Å²) in [5.41, 5.74) is -0.374. The van der Waals surface area contributed by atoms with E-state index in [-0.39, 0.29) is 28.6 Å². The summed E-state index contributed by atoms with van der Waals surface area (Å²) >= 11 is 1.09. The van der Waals surface area contributed by atoms with Crippen LogP contribution in [0.5, 0.6) is 5.75 Å². The van der Waals surface area contributed by atoms with Crippen molar-refractivity contribution in [2.24, 2.45) is 0 Å². The Kier molecular flexibility index (Phi) is 9.13. The van der Waals surface area contributed by atoms with Gasteiger partial charge in [-0.15, -0.1) is 24.2 Å². The van der Waals surface area contributed by atoms with Crippen molar-refractivity contribution in [2.75, 3.05) is 26.5 Å². The molecule has 1 saturated heterocycles. The van der Waals surface area contributed by atoms with E-state index in [4.69, 9.17) is 4.74 Å². The molecule has 4 nitrogen and oxygen atoms in total. The van der Waals surface area contributed by atoms with E-state index in [1.54, 1.807) is 6.26 Å². The Labute approximate surface area is 203 Å². The maximum absolute atomic E-state index is 13.6. The molecular weight excluding hydrogens is 473 g/mol. The number of nitrogens with zero attached hydrogens (tertiary/aromatic N) is 1. The van der Waals surface area contributed by atoms with E-state index in [2.05, 4.69) is 24.1 Å². The molecule has 2 aromatic rings. The van der Waals surface area contributed by atoms with Gasteiger partial charge in [0.2, 0.25) is 0 Å². The first kappa shape index (κ1) is 27.3. The number of nitrogens with one attached hydrogen (secondary N) is 1. The fourth-order valence-electron chi connectivity index (χ4n) is 4.28. The molecule has 33 heavy (non-hydrogen) atoms. The highest BCUT2D eigenvalue weighted by Crippen LogP contribution is 2.39. The summed E-state index contributed by atoms with van der Waals surface area (Å²) in [4.78, 5) is 16.1. The Hall–Kier alpha value is -1.90. The molecule has 0 bridgehead atoms. The average molecular weight is 503 g/mol. The number of carbonyl (C=O) groups is 1. The van der Waals surface area contributed by atoms with Gasteiger partial charge in [0, 0.05) is 17.5 Å². The summed E-state index contributed by atoms with van der Waals surface area (Å²) in [5, 5.41) is 3.20. The van der Waals surface area contributed by atoms with Crippen molar-refractivity contribution in [1.82, 2.24) is 10.2 Å². The number of halogens is 4. The third kappa shape index (κ3) is 5.97. The van der Waals surface area contributed by atoms with Gasteiger partial charge < -0.3 is 10.1 Å². The smallest absolute Gasteiger partial charge is 0.416 e. The SMILES string of the molecule is COc1cc(C(F)(F)F)cc(SC)c1C(=O)NC1(c2ccccc2)CCCN(C(C)C)C1.Cl. The lowest BCUT2D eigenvalue weighted by molar-refractivity contribution is -0.137. The van der Waals surface area contributed by atoms with Gasteiger partial charge in [-0.05, 0) is 57.2 Å². The molecule has 0 radical (unpaired) electrons. The van der Waals surface area contributed by atoms with Crippen LogP contribution < -0.4 is 10.1 Å². The molecule has 3 rings (SSSR count). The predicted octanol–water partition coefficient (Wildman–Crippen LogP) is 5.99. The first-order valence-corrected chi connectivity index (χ1v) is 11.8. The molecule has 0 spiro atoms. The van der Waals surface area contributed by atoms with Crippen molar-refractivity contribution in [3.8, 4) is 5.75 Å². The van der Waals surface area contributed by atoms with Gasteiger partial charge in [-0.25, -0.2) is 0 Å². The molecule has 1 unspecified atom stereocenters. The number of rotatable bonds is 6. The quantitative estimate of drug-likeness (QED) is 0.493. The van der Waals surface area contributed by atoms with Gasteiger partial charge in [-0.1, -0.05) is 30.3 Å². The third-order valence-corrected chi connectivity index (χ3v) is 6.75. The zero-order valence-electron chi connectivity index (χ0n) is 19.2. The van der Waals surface area contributed by atoms with Crippen molar-refractivity contribution in [1.29, 1.82) is 0 Å². The number of thioether (sulfide) groups is 1. The molecule has 0 aromatic heterocycles. The van der Waals surface area contributed by atoms with Crippen LogP contribution in [-0.2, 0) is 11.7 Å². The number of hydrogen-bond donors (Lipinski definition) is 1. The number of alkyl halides is 3. The van der Waals surface area contributed by atoms with Crippen LogP contribution in [0.4, 0.5) is 13.2 Å². The van der Waals surface area contributed by atoms with E-state index < -0.39 is 23.2 Å². The summed E-state index contributed by atoms with van der Waals surface area (Å²) in [6.07, 6.45) is -1.24. The van der Waals surface area contributed by atoms with Crippen molar-refractivity contribution in [3.63, 3.8) is 0 Å². The topological polar surface area (TPSA) is 41.6 Å². The van der Waals surface area contributed by atoms with E-state index in [1.165, 1.54) is 7.11 Å². The van der Waals surface area contributed by atoms with E-state index in [0.717, 1.165) is 48.8 Å². The third-order valence-electron chi connectivity index (χ3n) is 5.99. The highest BCUT2D eigenvalue weighted by molar-refractivity contribution is 7.98. The first-order valence-electron chi connectivity index (χ1n) is 10.6. The van der Waals surface area contributed by atoms with Gasteiger partial charge >= 0.3 is 6.18 Å². The second kappa shape index (κ2) is 11.0. The molecule has 1 amide bonds. The summed E-state index contributed by atoms with van der Waals surface area (Å²) < 4.78 is 45.3. The van der Waals surface area contributed by atoms with Gasteiger partial charge in [0.05, 0.1) is 23.8 Å². The molecule has 1 N–H and O–H groups in total. The number of ether oxygens (including phenoxy) is 1. The van der Waals surface area contributed by atoms with E-state index in [0.29, 0.717) is 12.6 Å². The van der Waals surface area contributed by atoms with E-state index >= 15 is 0 Å². The van der Waals surface area contributed by atoms with Crippen LogP contribution in [-0.4, -0.2) is 43.3 Å². The van der Waals surface area contributed by atoms with Crippen molar-refractivity contribution in [2.45, 2.75) is 49.3 Å². The van der Waals surface area contributed by atoms with Crippen molar-refractivity contribution >= 4 is 30.1 Å². The Morgan fingerprint density at radius 3 is 2.42 bits per heavy atom. The molecule has 2 aromatic carbocycles. The number of hydrogen-bond acceptors (Lipinski definition) is 4. The molecular formula is C24H30ClF3N2O2S. The molecule has 0 saturated carbocycles. The summed E-state index contributed by atoms with van der Waals surface area (Å²) in [7, 11) is 1.28. The molecule has 1 atom stereocenters. The minimum absolute atomic E-state index is 0. The van der Waals surface area contributed by atoms with Crippen LogP contribution in [0.1, 0.15) is 48.2 Å². The molecule has 9 heteroatoms. The second-order valence-corrected chi connectivity index (χ2v) is 9.17. The van der Waals surface area contributed by atoms with Crippen LogP contribution in [0.3, 0.4) is 0 Å². The van der Waals surface area contributed by atoms with E-state index in [9.17, 15) is 18.0 Å². The van der Waals surface area contributed by atoms with Crippen LogP contribution in [0.15, 0.2) is 47.4 Å². The van der Waals surface area contributed by atoms with Crippen LogP contribution in [0.25, 0.3) is 0 Å². The van der Waals surface area contributed by atoms with Crippen LogP contribution >= 0.6 is 24.2 Å². The normalized spacial score (nSPS) is 19.2. The number of piperidine rings is 1. The van der Waals surface area contributed by atoms with Crippen LogP contribution in [0.2, 0.25) is 0 Å². The van der Waals surface area contributed by atoms with Crippen LogP contribution in [0, 0.1) is 0 Å². The molecule has 1 aliphatic heterocycles. The average Bonchev–Trinajstić information content (AvgIpc) is 2.78. The molecule has 0 aliphatic carbocycles. The second-order valence-electron chi connectivity index (χ2n) is 8.32. The summed E-state index contributed by atoms with van der Waals surface area (Å²) in [6.45, 7) is 5.79. The van der Waals surface area contributed by atoms with Gasteiger partial charge in [0.15, 0.2) is 0 Å². The Bertz CT molecular complexity index is 931. The van der Waals surface area contributed by atoms with E-state index in [1.807, 2.05) is 30.3 Å². The number of amides is 1. The lowest BCUT2D eigenvalue weighted by Crippen LogP contribution is -2.57. The summed E-state index contributed by atoms with van der Waals surface area (Å²) in [5.74, 6) is -0.518. The van der Waals surface area contributed by atoms with Gasteiger partial charge in [-0.3, -0.25) is 9.69 Å². The van der Waals surface area contributed by atoms with Gasteiger partial charge in [0.25, 0.3) is 5.91 Å². The Morgan fingerprint density at radius 1 is 1.21 bits per heavy atom. The minimum Gasteiger partial charge on any atom is -0.496 e.